The first-order valence-corrected chi connectivity index (χ1v) is 17.4. The third-order valence-corrected chi connectivity index (χ3v) is 9.37. The van der Waals surface area contributed by atoms with E-state index < -0.39 is 10.0 Å². The Hall–Kier alpha value is -3.61. The number of hydrogen-bond acceptors (Lipinski definition) is 7. The Labute approximate surface area is 266 Å². The van der Waals surface area contributed by atoms with Crippen molar-refractivity contribution >= 4 is 44.1 Å². The van der Waals surface area contributed by atoms with E-state index in [1.54, 1.807) is 6.07 Å². The normalized spacial score (nSPS) is 18.2. The van der Waals surface area contributed by atoms with E-state index in [0.29, 0.717) is 17.9 Å². The quantitative estimate of drug-likeness (QED) is 0.343. The Kier molecular flexibility index (Phi) is 9.48. The Bertz CT molecular complexity index is 1690. The number of carbonyl (C=O) groups excluding carboxylic acids is 2. The minimum atomic E-state index is -3.60. The van der Waals surface area contributed by atoms with Gasteiger partial charge in [-0.2, -0.15) is 0 Å². The van der Waals surface area contributed by atoms with Gasteiger partial charge in [-0.25, -0.2) is 8.42 Å². The zero-order valence-electron chi connectivity index (χ0n) is 27.2. The van der Waals surface area contributed by atoms with Crippen LogP contribution in [0.25, 0.3) is 10.9 Å². The molecule has 0 aliphatic carbocycles. The molecule has 0 spiro atoms. The van der Waals surface area contributed by atoms with E-state index >= 15 is 0 Å². The number of aryl methyl sites for hydroxylation is 1. The maximum Gasteiger partial charge on any atom is 0.272 e. The highest BCUT2D eigenvalue weighted by molar-refractivity contribution is 7.92. The van der Waals surface area contributed by atoms with E-state index in [2.05, 4.69) is 26.3 Å². The van der Waals surface area contributed by atoms with Crippen LogP contribution in [0.5, 0.6) is 5.75 Å². The van der Waals surface area contributed by atoms with Crippen LogP contribution in [-0.4, -0.2) is 87.2 Å². The summed E-state index contributed by atoms with van der Waals surface area (Å²) in [5.41, 5.74) is 3.72. The van der Waals surface area contributed by atoms with Crippen LogP contribution in [0.3, 0.4) is 0 Å². The summed E-state index contributed by atoms with van der Waals surface area (Å²) in [4.78, 5) is 31.2. The maximum absolute atomic E-state index is 13.8. The molecule has 3 aromatic rings. The van der Waals surface area contributed by atoms with Gasteiger partial charge >= 0.3 is 0 Å². The average molecular weight is 639 g/mol. The number of amides is 2. The van der Waals surface area contributed by atoms with Crippen molar-refractivity contribution in [3.63, 3.8) is 0 Å². The summed E-state index contributed by atoms with van der Waals surface area (Å²) in [5.74, 6) is 0.265. The second-order valence-corrected chi connectivity index (χ2v) is 15.0. The van der Waals surface area contributed by atoms with Gasteiger partial charge in [0.2, 0.25) is 15.9 Å². The van der Waals surface area contributed by atoms with E-state index in [-0.39, 0.29) is 34.6 Å². The molecule has 0 radical (unpaired) electrons. The lowest BCUT2D eigenvalue weighted by atomic mass is 9.86. The molecule has 2 saturated heterocycles. The largest absolute Gasteiger partial charge is 0.492 e. The molecule has 11 nitrogen and oxygen atoms in total. The summed E-state index contributed by atoms with van der Waals surface area (Å²) in [7, 11) is -0.263. The van der Waals surface area contributed by atoms with Crippen molar-refractivity contribution in [2.24, 2.45) is 13.0 Å². The predicted octanol–water partition coefficient (Wildman–Crippen LogP) is 3.75. The third kappa shape index (κ3) is 7.45. The van der Waals surface area contributed by atoms with Crippen LogP contribution in [0.4, 0.5) is 11.4 Å². The van der Waals surface area contributed by atoms with Gasteiger partial charge in [0.25, 0.3) is 5.91 Å². The summed E-state index contributed by atoms with van der Waals surface area (Å²) in [6.45, 7) is 11.7. The average Bonchev–Trinajstić information content (AvgIpc) is 3.55. The number of sulfonamides is 1. The van der Waals surface area contributed by atoms with Crippen molar-refractivity contribution in [3.05, 3.63) is 53.2 Å². The van der Waals surface area contributed by atoms with Gasteiger partial charge in [-0.05, 0) is 54.1 Å². The highest BCUT2D eigenvalue weighted by Gasteiger charge is 2.29. The number of carbonyl (C=O) groups is 2. The van der Waals surface area contributed by atoms with Crippen LogP contribution >= 0.6 is 0 Å². The fourth-order valence-electron chi connectivity index (χ4n) is 6.40. The van der Waals surface area contributed by atoms with Gasteiger partial charge in [-0.1, -0.05) is 39.0 Å². The molecule has 5 rings (SSSR count). The fraction of sp³-hybridized carbons (Fsp3) is 0.515. The Morgan fingerprint density at radius 2 is 1.82 bits per heavy atom. The number of methoxy groups -OCH3 is 1. The molecule has 3 heterocycles. The van der Waals surface area contributed by atoms with Crippen molar-refractivity contribution in [1.29, 1.82) is 0 Å². The predicted molar refractivity (Wildman–Crippen MR) is 178 cm³/mol. The molecule has 2 aliphatic rings. The Morgan fingerprint density at radius 1 is 1.07 bits per heavy atom. The first-order chi connectivity index (χ1) is 21.2. The van der Waals surface area contributed by atoms with Gasteiger partial charge in [-0.3, -0.25) is 19.2 Å². The number of nitrogens with one attached hydrogen (secondary N) is 3. The number of fused-ring (bicyclic) bond motifs is 1. The lowest BCUT2D eigenvalue weighted by molar-refractivity contribution is -0.134. The molecule has 2 aliphatic heterocycles. The number of anilines is 2. The molecule has 2 fully saturated rings. The topological polar surface area (TPSA) is 125 Å². The number of nitrogens with zero attached hydrogens (tertiary/aromatic N) is 3. The Balaban J connectivity index is 1.39. The molecule has 1 aromatic heterocycles. The minimum absolute atomic E-state index is 0.0941. The van der Waals surface area contributed by atoms with Gasteiger partial charge in [-0.15, -0.1) is 0 Å². The smallest absolute Gasteiger partial charge is 0.272 e. The van der Waals surface area contributed by atoms with Gasteiger partial charge in [0.05, 0.1) is 36.2 Å². The second kappa shape index (κ2) is 13.0. The summed E-state index contributed by atoms with van der Waals surface area (Å²) in [6.07, 6.45) is 2.92. The molecule has 1 atom stereocenters. The van der Waals surface area contributed by atoms with Gasteiger partial charge in [0, 0.05) is 51.7 Å². The van der Waals surface area contributed by atoms with Gasteiger partial charge in [0.15, 0.2) is 5.75 Å². The van der Waals surface area contributed by atoms with Crippen LogP contribution in [0.2, 0.25) is 0 Å². The molecule has 0 bridgehead atoms. The van der Waals surface area contributed by atoms with Crippen molar-refractivity contribution in [2.45, 2.75) is 45.6 Å². The lowest BCUT2D eigenvalue weighted by Gasteiger charge is -2.24. The van der Waals surface area contributed by atoms with Crippen molar-refractivity contribution < 1.29 is 22.7 Å². The van der Waals surface area contributed by atoms with Crippen LogP contribution in [-0.2, 0) is 33.8 Å². The first-order valence-electron chi connectivity index (χ1n) is 15.6. The van der Waals surface area contributed by atoms with E-state index in [1.807, 2.05) is 61.6 Å². The molecule has 0 saturated carbocycles. The highest BCUT2D eigenvalue weighted by Crippen LogP contribution is 2.39. The van der Waals surface area contributed by atoms with Crippen LogP contribution < -0.4 is 20.1 Å². The number of rotatable bonds is 8. The van der Waals surface area contributed by atoms with Crippen molar-refractivity contribution in [2.75, 3.05) is 62.7 Å². The Morgan fingerprint density at radius 3 is 2.49 bits per heavy atom. The van der Waals surface area contributed by atoms with E-state index in [4.69, 9.17) is 4.74 Å². The zero-order chi connectivity index (χ0) is 32.5. The summed E-state index contributed by atoms with van der Waals surface area (Å²) in [5, 5.41) is 7.25. The number of hydrogen-bond donors (Lipinski definition) is 3. The minimum Gasteiger partial charge on any atom is -0.492 e. The number of aromatic nitrogens is 1. The van der Waals surface area contributed by atoms with Crippen LogP contribution in [0.15, 0.2) is 36.4 Å². The van der Waals surface area contributed by atoms with Crippen LogP contribution in [0, 0.1) is 5.92 Å². The summed E-state index contributed by atoms with van der Waals surface area (Å²) >= 11 is 0. The monoisotopic (exact) mass is 638 g/mol. The van der Waals surface area contributed by atoms with Crippen molar-refractivity contribution in [1.82, 2.24) is 19.7 Å². The van der Waals surface area contributed by atoms with E-state index in [0.717, 1.165) is 80.4 Å². The van der Waals surface area contributed by atoms with Crippen LogP contribution in [0.1, 0.15) is 55.2 Å². The molecule has 45 heavy (non-hydrogen) atoms. The fourth-order valence-corrected chi connectivity index (χ4v) is 6.95. The SMILES string of the molecule is COc1c(NC(=O)c2cc3cccc(CN4CCCN(C(=O)[C@@H]5CCNC5)CC4)c3n2C)cc(C(C)(C)C)cc1NS(C)(=O)=O. The molecular formula is C33H46N6O5S. The van der Waals surface area contributed by atoms with Gasteiger partial charge in [0.1, 0.15) is 5.69 Å². The zero-order valence-corrected chi connectivity index (χ0v) is 28.0. The summed E-state index contributed by atoms with van der Waals surface area (Å²) < 4.78 is 34.3. The molecular weight excluding hydrogens is 592 g/mol. The van der Waals surface area contributed by atoms with E-state index in [9.17, 15) is 18.0 Å². The third-order valence-electron chi connectivity index (χ3n) is 8.78. The molecule has 2 amide bonds. The molecule has 3 N–H and O–H groups in total. The second-order valence-electron chi connectivity index (χ2n) is 13.3. The standard InChI is InChI=1S/C33H46N6O5S/c1-33(2,3)25-18-26(30(44-5)27(19-25)36-45(6,42)43)35-31(40)28-17-22-9-7-10-24(29(22)37(28)4)21-38-13-8-14-39(16-15-38)32(41)23-11-12-34-20-23/h7,9-10,17-19,23,34,36H,8,11-16,20-21H2,1-6H3,(H,35,40)/t23-/m1/s1. The highest BCUT2D eigenvalue weighted by atomic mass is 32.2. The maximum atomic E-state index is 13.8. The molecule has 2 aromatic carbocycles. The first kappa shape index (κ1) is 32.8. The van der Waals surface area contributed by atoms with E-state index in [1.165, 1.54) is 7.11 Å². The van der Waals surface area contributed by atoms with Crippen molar-refractivity contribution in [3.8, 4) is 5.75 Å². The summed E-state index contributed by atoms with van der Waals surface area (Å²) in [6, 6.07) is 11.6. The number of benzene rings is 2. The molecule has 0 unspecified atom stereocenters. The number of ether oxygens (including phenoxy) is 1. The number of para-hydroxylation sites is 1. The molecule has 12 heteroatoms. The lowest BCUT2D eigenvalue weighted by Crippen LogP contribution is -2.39. The molecule has 244 valence electrons. The van der Waals surface area contributed by atoms with Gasteiger partial charge < -0.3 is 24.8 Å².